The Labute approximate surface area is 153 Å². The number of phenols is 1. The molecule has 3 N–H and O–H groups in total. The van der Waals surface area contributed by atoms with Crippen molar-refractivity contribution in [3.05, 3.63) is 29.6 Å². The van der Waals surface area contributed by atoms with Crippen LogP contribution < -0.4 is 14.8 Å². The molecule has 0 radical (unpaired) electrons. The average molecular weight is 397 g/mol. The summed E-state index contributed by atoms with van der Waals surface area (Å²) in [6.45, 7) is 1.52. The Hall–Kier alpha value is -3.48. The Kier molecular flexibility index (Phi) is 5.75. The van der Waals surface area contributed by atoms with Crippen LogP contribution in [0.3, 0.4) is 0 Å². The van der Waals surface area contributed by atoms with Gasteiger partial charge in [0, 0.05) is 0 Å². The maximum absolute atomic E-state index is 12.4. The second-order valence-electron chi connectivity index (χ2n) is 4.92. The SMILES string of the molecule is COC(=O)c1cc(O)ccc1S(=O)(=O)NC(=O)Nc1nc(C)nc(OC)n1. The van der Waals surface area contributed by atoms with Gasteiger partial charge < -0.3 is 14.6 Å². The molecule has 0 aliphatic heterocycles. The number of aryl methyl sites for hydroxylation is 1. The molecule has 144 valence electrons. The Balaban J connectivity index is 2.27. The average Bonchev–Trinajstić information content (AvgIpc) is 2.59. The van der Waals surface area contributed by atoms with Crippen molar-refractivity contribution in [2.75, 3.05) is 19.5 Å². The number of carbonyl (C=O) groups excluding carboxylic acids is 2. The van der Waals surface area contributed by atoms with Crippen molar-refractivity contribution in [2.24, 2.45) is 0 Å². The number of nitrogens with one attached hydrogen (secondary N) is 2. The van der Waals surface area contributed by atoms with Gasteiger partial charge in [0.15, 0.2) is 0 Å². The van der Waals surface area contributed by atoms with Gasteiger partial charge in [-0.2, -0.15) is 15.0 Å². The fourth-order valence-electron chi connectivity index (χ4n) is 1.93. The maximum atomic E-state index is 12.4. The van der Waals surface area contributed by atoms with E-state index in [0.29, 0.717) is 0 Å². The molecule has 2 rings (SSSR count). The van der Waals surface area contributed by atoms with E-state index >= 15 is 0 Å². The van der Waals surface area contributed by atoms with Crippen LogP contribution in [-0.2, 0) is 14.8 Å². The summed E-state index contributed by atoms with van der Waals surface area (Å²) >= 11 is 0. The van der Waals surface area contributed by atoms with Gasteiger partial charge in [0.25, 0.3) is 10.0 Å². The molecule has 0 unspecified atom stereocenters. The van der Waals surface area contributed by atoms with E-state index in [0.717, 1.165) is 25.3 Å². The minimum absolute atomic E-state index is 0.0767. The molecule has 0 aliphatic carbocycles. The lowest BCUT2D eigenvalue weighted by atomic mass is 10.2. The lowest BCUT2D eigenvalue weighted by molar-refractivity contribution is 0.0595. The molecule has 27 heavy (non-hydrogen) atoms. The largest absolute Gasteiger partial charge is 0.508 e. The molecule has 2 amide bonds. The van der Waals surface area contributed by atoms with E-state index < -0.39 is 32.5 Å². The van der Waals surface area contributed by atoms with Crippen molar-refractivity contribution < 1.29 is 32.6 Å². The third-order valence-corrected chi connectivity index (χ3v) is 4.41. The van der Waals surface area contributed by atoms with E-state index in [1.807, 2.05) is 0 Å². The van der Waals surface area contributed by atoms with Crippen LogP contribution in [0.2, 0.25) is 0 Å². The quantitative estimate of drug-likeness (QED) is 0.592. The highest BCUT2D eigenvalue weighted by molar-refractivity contribution is 7.90. The van der Waals surface area contributed by atoms with Gasteiger partial charge in [0.05, 0.1) is 19.8 Å². The third kappa shape index (κ3) is 4.78. The summed E-state index contributed by atoms with van der Waals surface area (Å²) < 4.78 is 35.9. The number of esters is 1. The number of urea groups is 1. The number of rotatable bonds is 5. The van der Waals surface area contributed by atoms with E-state index in [9.17, 15) is 23.1 Å². The highest BCUT2D eigenvalue weighted by Gasteiger charge is 2.26. The van der Waals surface area contributed by atoms with Crippen LogP contribution in [0.15, 0.2) is 23.1 Å². The topological polar surface area (TPSA) is 170 Å². The standard InChI is InChI=1S/C14H15N5O7S/c1-7-15-12(18-14(16-7)26-3)17-13(22)19-27(23,24)10-5-4-8(20)6-9(10)11(21)25-2/h4-6,20H,1-3H3,(H2,15,16,17,18,19,22). The number of nitrogens with zero attached hydrogens (tertiary/aromatic N) is 3. The number of carbonyl (C=O) groups is 2. The molecular formula is C14H15N5O7S. The highest BCUT2D eigenvalue weighted by atomic mass is 32.2. The minimum Gasteiger partial charge on any atom is -0.508 e. The van der Waals surface area contributed by atoms with Crippen molar-refractivity contribution >= 4 is 28.0 Å². The van der Waals surface area contributed by atoms with Crippen LogP contribution >= 0.6 is 0 Å². The van der Waals surface area contributed by atoms with Gasteiger partial charge in [0.1, 0.15) is 16.5 Å². The molecule has 0 bridgehead atoms. The van der Waals surface area contributed by atoms with Crippen LogP contribution in [-0.4, -0.2) is 54.7 Å². The Bertz CT molecular complexity index is 993. The number of anilines is 1. The monoisotopic (exact) mass is 397 g/mol. The van der Waals surface area contributed by atoms with E-state index in [4.69, 9.17) is 4.74 Å². The number of phenolic OH excluding ortho intramolecular Hbond substituents is 1. The van der Waals surface area contributed by atoms with Gasteiger partial charge >= 0.3 is 18.0 Å². The van der Waals surface area contributed by atoms with Crippen LogP contribution in [0, 0.1) is 6.92 Å². The van der Waals surface area contributed by atoms with Crippen LogP contribution in [0.4, 0.5) is 10.7 Å². The Morgan fingerprint density at radius 2 is 1.85 bits per heavy atom. The number of methoxy groups -OCH3 is 2. The summed E-state index contributed by atoms with van der Waals surface area (Å²) in [5.74, 6) is -1.38. The van der Waals surface area contributed by atoms with Crippen LogP contribution in [0.25, 0.3) is 0 Å². The predicted molar refractivity (Wildman–Crippen MR) is 89.9 cm³/mol. The first kappa shape index (κ1) is 19.8. The molecule has 0 aliphatic rings. The van der Waals surface area contributed by atoms with Crippen molar-refractivity contribution in [1.82, 2.24) is 19.7 Å². The molecule has 0 saturated carbocycles. The molecule has 0 spiro atoms. The molecule has 2 aromatic rings. The van der Waals surface area contributed by atoms with Crippen molar-refractivity contribution in [2.45, 2.75) is 11.8 Å². The minimum atomic E-state index is -4.48. The summed E-state index contributed by atoms with van der Waals surface area (Å²) in [6.07, 6.45) is 0. The molecule has 1 aromatic heterocycles. The van der Waals surface area contributed by atoms with E-state index in [1.165, 1.54) is 14.0 Å². The fourth-order valence-corrected chi connectivity index (χ4v) is 3.01. The predicted octanol–water partition coefficient (Wildman–Crippen LogP) is 0.191. The molecule has 0 saturated heterocycles. The zero-order valence-corrected chi connectivity index (χ0v) is 15.2. The number of amides is 2. The number of benzene rings is 1. The van der Waals surface area contributed by atoms with Crippen molar-refractivity contribution in [3.63, 3.8) is 0 Å². The maximum Gasteiger partial charge on any atom is 0.339 e. The number of hydrogen-bond donors (Lipinski definition) is 3. The van der Waals surface area contributed by atoms with Gasteiger partial charge in [0.2, 0.25) is 5.95 Å². The van der Waals surface area contributed by atoms with E-state index in [1.54, 1.807) is 4.72 Å². The number of aromatic nitrogens is 3. The first-order chi connectivity index (χ1) is 12.7. The van der Waals surface area contributed by atoms with Gasteiger partial charge in [-0.15, -0.1) is 0 Å². The molecule has 13 heteroatoms. The highest BCUT2D eigenvalue weighted by Crippen LogP contribution is 2.22. The summed E-state index contributed by atoms with van der Waals surface area (Å²) in [4.78, 5) is 34.6. The first-order valence-corrected chi connectivity index (χ1v) is 8.66. The molecule has 0 atom stereocenters. The van der Waals surface area contributed by atoms with Crippen molar-refractivity contribution in [1.29, 1.82) is 0 Å². The Morgan fingerprint density at radius 3 is 2.48 bits per heavy atom. The lowest BCUT2D eigenvalue weighted by Crippen LogP contribution is -2.35. The third-order valence-electron chi connectivity index (χ3n) is 3.02. The second-order valence-corrected chi connectivity index (χ2v) is 6.58. The molecule has 1 aromatic carbocycles. The van der Waals surface area contributed by atoms with E-state index in [-0.39, 0.29) is 23.5 Å². The summed E-state index contributed by atoms with van der Waals surface area (Å²) in [6, 6.07) is 1.63. The lowest BCUT2D eigenvalue weighted by Gasteiger charge is -2.11. The van der Waals surface area contributed by atoms with Crippen molar-refractivity contribution in [3.8, 4) is 11.8 Å². The fraction of sp³-hybridized carbons (Fsp3) is 0.214. The molecular weight excluding hydrogens is 382 g/mol. The first-order valence-electron chi connectivity index (χ1n) is 7.18. The summed E-state index contributed by atoms with van der Waals surface area (Å²) in [7, 11) is -2.14. The van der Waals surface area contributed by atoms with Crippen LogP contribution in [0.1, 0.15) is 16.2 Å². The van der Waals surface area contributed by atoms with Gasteiger partial charge in [-0.1, -0.05) is 0 Å². The second kappa shape index (κ2) is 7.82. The smallest absolute Gasteiger partial charge is 0.339 e. The summed E-state index contributed by atoms with van der Waals surface area (Å²) in [5, 5.41) is 11.6. The Morgan fingerprint density at radius 1 is 1.15 bits per heavy atom. The van der Waals surface area contributed by atoms with E-state index in [2.05, 4.69) is 25.0 Å². The molecule has 0 fully saturated rings. The number of hydrogen-bond acceptors (Lipinski definition) is 10. The van der Waals surface area contributed by atoms with Crippen LogP contribution in [0.5, 0.6) is 11.8 Å². The number of sulfonamides is 1. The zero-order chi connectivity index (χ0) is 20.2. The number of ether oxygens (including phenoxy) is 2. The van der Waals surface area contributed by atoms with Gasteiger partial charge in [-0.05, 0) is 25.1 Å². The summed E-state index contributed by atoms with van der Waals surface area (Å²) in [5.41, 5.74) is -0.449. The van der Waals surface area contributed by atoms with Gasteiger partial charge in [-0.3, -0.25) is 5.32 Å². The zero-order valence-electron chi connectivity index (χ0n) is 14.4. The number of aromatic hydroxyl groups is 1. The molecule has 12 nitrogen and oxygen atoms in total. The normalized spacial score (nSPS) is 10.8. The van der Waals surface area contributed by atoms with Gasteiger partial charge in [-0.25, -0.2) is 22.7 Å². The molecule has 1 heterocycles.